The predicted octanol–water partition coefficient (Wildman–Crippen LogP) is 2.28. The highest BCUT2D eigenvalue weighted by Gasteiger charge is 2.22. The van der Waals surface area contributed by atoms with E-state index in [9.17, 15) is 0 Å². The highest BCUT2D eigenvalue weighted by atomic mass is 16.5. The summed E-state index contributed by atoms with van der Waals surface area (Å²) in [6, 6.07) is 6.61. The number of nitrogens with one attached hydrogen (secondary N) is 1. The molecular weight excluding hydrogens is 252 g/mol. The van der Waals surface area contributed by atoms with Gasteiger partial charge in [0.05, 0.1) is 14.2 Å². The summed E-state index contributed by atoms with van der Waals surface area (Å²) in [4.78, 5) is 2.55. The zero-order valence-electron chi connectivity index (χ0n) is 12.8. The van der Waals surface area contributed by atoms with Gasteiger partial charge < -0.3 is 14.8 Å². The molecule has 1 N–H and O–H groups in total. The van der Waals surface area contributed by atoms with Crippen LogP contribution >= 0.6 is 0 Å². The van der Waals surface area contributed by atoms with Gasteiger partial charge in [-0.1, -0.05) is 6.92 Å². The Morgan fingerprint density at radius 1 is 1.30 bits per heavy atom. The van der Waals surface area contributed by atoms with Crippen molar-refractivity contribution in [3.05, 3.63) is 23.8 Å². The van der Waals surface area contributed by atoms with Gasteiger partial charge in [0.2, 0.25) is 0 Å². The van der Waals surface area contributed by atoms with E-state index in [1.165, 1.54) is 19.4 Å². The molecule has 0 aliphatic carbocycles. The first-order valence-corrected chi connectivity index (χ1v) is 7.44. The van der Waals surface area contributed by atoms with E-state index in [1.807, 2.05) is 18.2 Å². The summed E-state index contributed by atoms with van der Waals surface area (Å²) in [5.74, 6) is 1.79. The van der Waals surface area contributed by atoms with Crippen LogP contribution in [0.2, 0.25) is 0 Å². The van der Waals surface area contributed by atoms with E-state index >= 15 is 0 Å². The van der Waals surface area contributed by atoms with Crippen molar-refractivity contribution in [3.63, 3.8) is 0 Å². The summed E-state index contributed by atoms with van der Waals surface area (Å²) < 4.78 is 10.7. The highest BCUT2D eigenvalue weighted by Crippen LogP contribution is 2.24. The Morgan fingerprint density at radius 2 is 2.15 bits per heavy atom. The fraction of sp³-hybridized carbons (Fsp3) is 0.625. The number of hydrogen-bond donors (Lipinski definition) is 1. The molecule has 1 aromatic rings. The molecule has 0 bridgehead atoms. The molecule has 0 aromatic heterocycles. The molecule has 1 aromatic carbocycles. The van der Waals surface area contributed by atoms with Crippen LogP contribution in [0.25, 0.3) is 0 Å². The zero-order chi connectivity index (χ0) is 14.4. The second kappa shape index (κ2) is 7.50. The molecule has 20 heavy (non-hydrogen) atoms. The molecule has 1 saturated heterocycles. The van der Waals surface area contributed by atoms with Crippen molar-refractivity contribution in [1.82, 2.24) is 10.2 Å². The minimum Gasteiger partial charge on any atom is -0.497 e. The van der Waals surface area contributed by atoms with E-state index in [0.717, 1.165) is 36.7 Å². The van der Waals surface area contributed by atoms with Gasteiger partial charge >= 0.3 is 0 Å². The lowest BCUT2D eigenvalue weighted by molar-refractivity contribution is 0.259. The van der Waals surface area contributed by atoms with E-state index in [2.05, 4.69) is 17.1 Å². The molecule has 1 fully saturated rings. The maximum atomic E-state index is 5.40. The molecule has 0 spiro atoms. The lowest BCUT2D eigenvalue weighted by Crippen LogP contribution is -2.37. The first-order chi connectivity index (χ1) is 9.78. The molecule has 0 radical (unpaired) electrons. The third-order valence-electron chi connectivity index (χ3n) is 4.09. The quantitative estimate of drug-likeness (QED) is 0.829. The van der Waals surface area contributed by atoms with Crippen molar-refractivity contribution in [2.45, 2.75) is 32.4 Å². The number of hydrogen-bond acceptors (Lipinski definition) is 4. The molecule has 1 heterocycles. The van der Waals surface area contributed by atoms with Crippen LogP contribution in [-0.2, 0) is 6.54 Å². The maximum absolute atomic E-state index is 5.40. The van der Waals surface area contributed by atoms with Gasteiger partial charge in [-0.2, -0.15) is 0 Å². The van der Waals surface area contributed by atoms with E-state index in [-0.39, 0.29) is 0 Å². The van der Waals surface area contributed by atoms with Gasteiger partial charge in [-0.15, -0.1) is 0 Å². The minimum atomic E-state index is 0.677. The van der Waals surface area contributed by atoms with Crippen LogP contribution in [0.3, 0.4) is 0 Å². The van der Waals surface area contributed by atoms with Gasteiger partial charge in [0, 0.05) is 24.7 Å². The zero-order valence-corrected chi connectivity index (χ0v) is 12.8. The molecule has 2 rings (SSSR count). The molecule has 1 atom stereocenters. The number of likely N-dealkylation sites (N-methyl/N-ethyl adjacent to an activating group) is 1. The standard InChI is InChI=1S/C16H26N2O2/c1-4-18-9-5-6-14(18)12-17-11-13-10-15(19-2)7-8-16(13)20-3/h7-8,10,14,17H,4-6,9,11-12H2,1-3H3/t14-/m1/s1. The Labute approximate surface area is 122 Å². The second-order valence-corrected chi connectivity index (χ2v) is 5.23. The van der Waals surface area contributed by atoms with Crippen LogP contribution in [0.1, 0.15) is 25.3 Å². The van der Waals surface area contributed by atoms with Crippen LogP contribution in [0, 0.1) is 0 Å². The predicted molar refractivity (Wildman–Crippen MR) is 81.5 cm³/mol. The average molecular weight is 278 g/mol. The van der Waals surface area contributed by atoms with Crippen LogP contribution in [0.5, 0.6) is 11.5 Å². The molecule has 0 amide bonds. The van der Waals surface area contributed by atoms with E-state index < -0.39 is 0 Å². The van der Waals surface area contributed by atoms with Crippen LogP contribution in [0.15, 0.2) is 18.2 Å². The SMILES string of the molecule is CCN1CCC[C@@H]1CNCc1cc(OC)ccc1OC. The maximum Gasteiger partial charge on any atom is 0.123 e. The Balaban J connectivity index is 1.89. The largest absolute Gasteiger partial charge is 0.497 e. The molecule has 0 saturated carbocycles. The number of rotatable bonds is 7. The fourth-order valence-electron chi connectivity index (χ4n) is 2.94. The number of ether oxygens (including phenoxy) is 2. The third kappa shape index (κ3) is 3.64. The van der Waals surface area contributed by atoms with Crippen LogP contribution in [-0.4, -0.2) is 44.8 Å². The molecule has 1 aliphatic heterocycles. The molecular formula is C16H26N2O2. The molecule has 4 nitrogen and oxygen atoms in total. The van der Waals surface area contributed by atoms with Crippen molar-refractivity contribution in [1.29, 1.82) is 0 Å². The molecule has 0 unspecified atom stereocenters. The number of likely N-dealkylation sites (tertiary alicyclic amines) is 1. The number of methoxy groups -OCH3 is 2. The Bertz CT molecular complexity index is 423. The highest BCUT2D eigenvalue weighted by molar-refractivity contribution is 5.40. The lowest BCUT2D eigenvalue weighted by atomic mass is 10.1. The van der Waals surface area contributed by atoms with Crippen molar-refractivity contribution in [2.75, 3.05) is 33.9 Å². The van der Waals surface area contributed by atoms with Gasteiger partial charge in [0.15, 0.2) is 0 Å². The van der Waals surface area contributed by atoms with E-state index in [0.29, 0.717) is 6.04 Å². The summed E-state index contributed by atoms with van der Waals surface area (Å²) >= 11 is 0. The Kier molecular flexibility index (Phi) is 5.68. The lowest BCUT2D eigenvalue weighted by Gasteiger charge is -2.23. The Morgan fingerprint density at radius 3 is 2.85 bits per heavy atom. The smallest absolute Gasteiger partial charge is 0.123 e. The van der Waals surface area contributed by atoms with Crippen molar-refractivity contribution in [2.24, 2.45) is 0 Å². The van der Waals surface area contributed by atoms with Gasteiger partial charge in [0.25, 0.3) is 0 Å². The summed E-state index contributed by atoms with van der Waals surface area (Å²) in [5.41, 5.74) is 1.15. The fourth-order valence-corrected chi connectivity index (χ4v) is 2.94. The normalized spacial score (nSPS) is 19.2. The molecule has 1 aliphatic rings. The summed E-state index contributed by atoms with van der Waals surface area (Å²) in [6.07, 6.45) is 2.62. The van der Waals surface area contributed by atoms with Gasteiger partial charge in [-0.3, -0.25) is 4.90 Å². The van der Waals surface area contributed by atoms with Crippen LogP contribution < -0.4 is 14.8 Å². The van der Waals surface area contributed by atoms with Gasteiger partial charge in [-0.25, -0.2) is 0 Å². The average Bonchev–Trinajstić information content (AvgIpc) is 2.94. The monoisotopic (exact) mass is 278 g/mol. The second-order valence-electron chi connectivity index (χ2n) is 5.23. The van der Waals surface area contributed by atoms with E-state index in [1.54, 1.807) is 14.2 Å². The van der Waals surface area contributed by atoms with Gasteiger partial charge in [0.1, 0.15) is 11.5 Å². The van der Waals surface area contributed by atoms with Crippen molar-refractivity contribution >= 4 is 0 Å². The molecule has 4 heteroatoms. The topological polar surface area (TPSA) is 33.7 Å². The Hall–Kier alpha value is -1.26. The summed E-state index contributed by atoms with van der Waals surface area (Å²) in [6.45, 7) is 6.48. The molecule has 112 valence electrons. The first kappa shape index (κ1) is 15.1. The van der Waals surface area contributed by atoms with Crippen molar-refractivity contribution in [3.8, 4) is 11.5 Å². The summed E-state index contributed by atoms with van der Waals surface area (Å²) in [7, 11) is 3.40. The van der Waals surface area contributed by atoms with Crippen LogP contribution in [0.4, 0.5) is 0 Å². The third-order valence-corrected chi connectivity index (χ3v) is 4.09. The summed E-state index contributed by atoms with van der Waals surface area (Å²) in [5, 5.41) is 3.56. The number of benzene rings is 1. The van der Waals surface area contributed by atoms with Gasteiger partial charge in [-0.05, 0) is 44.1 Å². The number of nitrogens with zero attached hydrogens (tertiary/aromatic N) is 1. The van der Waals surface area contributed by atoms with E-state index in [4.69, 9.17) is 9.47 Å². The van der Waals surface area contributed by atoms with Crippen molar-refractivity contribution < 1.29 is 9.47 Å². The minimum absolute atomic E-state index is 0.677. The first-order valence-electron chi connectivity index (χ1n) is 7.44.